The molecule has 0 aliphatic heterocycles. The lowest BCUT2D eigenvalue weighted by Crippen LogP contribution is -2.65. The third-order valence-electron chi connectivity index (χ3n) is 10.8. The van der Waals surface area contributed by atoms with Crippen molar-refractivity contribution in [3.05, 3.63) is 0 Å². The van der Waals surface area contributed by atoms with E-state index in [1.165, 1.54) is 19.3 Å². The smallest absolute Gasteiger partial charge is 0.135 e. The summed E-state index contributed by atoms with van der Waals surface area (Å²) in [5.74, 6) is 6.50. The zero-order valence-corrected chi connectivity index (χ0v) is 19.3. The number of hydrogen-bond donors (Lipinski definition) is 2. The predicted octanol–water partition coefficient (Wildman–Crippen LogP) is 4.55. The van der Waals surface area contributed by atoms with Crippen molar-refractivity contribution in [2.75, 3.05) is 6.61 Å². The topological polar surface area (TPSA) is 55.5 Å². The van der Waals surface area contributed by atoms with Crippen LogP contribution in [0.15, 0.2) is 0 Å². The lowest BCUT2D eigenvalue weighted by molar-refractivity contribution is -0.236. The van der Waals surface area contributed by atoms with E-state index in [-0.39, 0.29) is 27.7 Å². The normalized spacial score (nSPS) is 60.1. The van der Waals surface area contributed by atoms with Crippen LogP contribution in [0, 0.1) is 58.3 Å². The van der Waals surface area contributed by atoms with Gasteiger partial charge in [-0.05, 0) is 93.3 Å². The molecular formula is C25H38ClNO2. The highest BCUT2D eigenvalue weighted by molar-refractivity contribution is 6.20. The van der Waals surface area contributed by atoms with Gasteiger partial charge in [-0.2, -0.15) is 0 Å². The van der Waals surface area contributed by atoms with Crippen LogP contribution in [0.5, 0.6) is 0 Å². The molecule has 3 nitrogen and oxygen atoms in total. The van der Waals surface area contributed by atoms with Crippen LogP contribution in [-0.4, -0.2) is 28.3 Å². The van der Waals surface area contributed by atoms with Gasteiger partial charge in [0.1, 0.15) is 5.60 Å². The molecule has 5 fully saturated rings. The van der Waals surface area contributed by atoms with Gasteiger partial charge in [0, 0.05) is 28.9 Å². The minimum atomic E-state index is -0.953. The van der Waals surface area contributed by atoms with Crippen LogP contribution in [0.3, 0.4) is 0 Å². The highest BCUT2D eigenvalue weighted by Gasteiger charge is 2.77. The molecule has 0 bridgehead atoms. The van der Waals surface area contributed by atoms with Gasteiger partial charge >= 0.3 is 0 Å². The van der Waals surface area contributed by atoms with Crippen molar-refractivity contribution in [3.63, 3.8) is 0 Å². The van der Waals surface area contributed by atoms with Crippen LogP contribution in [-0.2, 0) is 4.74 Å². The summed E-state index contributed by atoms with van der Waals surface area (Å²) in [6.07, 6.45) is 7.86. The fourth-order valence-electron chi connectivity index (χ4n) is 9.43. The summed E-state index contributed by atoms with van der Waals surface area (Å²) in [6.45, 7) is 9.95. The van der Waals surface area contributed by atoms with Crippen molar-refractivity contribution in [2.24, 2.45) is 52.1 Å². The van der Waals surface area contributed by atoms with Crippen LogP contribution in [0.4, 0.5) is 0 Å². The number of ether oxygens (including phenoxy) is 1. The van der Waals surface area contributed by atoms with Gasteiger partial charge in [0.15, 0.2) is 0 Å². The quantitative estimate of drug-likeness (QED) is 0.392. The van der Waals surface area contributed by atoms with Gasteiger partial charge in [0.05, 0.1) is 5.60 Å². The number of hydrogen-bond acceptors (Lipinski definition) is 3. The van der Waals surface area contributed by atoms with Crippen molar-refractivity contribution in [1.29, 1.82) is 0 Å². The Morgan fingerprint density at radius 3 is 2.52 bits per heavy atom. The van der Waals surface area contributed by atoms with E-state index in [0.29, 0.717) is 23.7 Å². The first-order chi connectivity index (χ1) is 13.7. The Labute approximate surface area is 181 Å². The molecule has 5 aliphatic rings. The Morgan fingerprint density at radius 2 is 1.83 bits per heavy atom. The van der Waals surface area contributed by atoms with E-state index in [2.05, 4.69) is 39.7 Å². The SMILES string of the molecule is CCO[C@@]12C[C@@H](Cl)CC[C@]1(C)C1CC[C@@]3(C)C(CC(C)[C@@]3(O)C#CN)C1C1CC12. The summed E-state index contributed by atoms with van der Waals surface area (Å²) in [4.78, 5) is 0. The molecule has 29 heavy (non-hydrogen) atoms. The van der Waals surface area contributed by atoms with Crippen molar-refractivity contribution in [3.8, 4) is 12.0 Å². The average Bonchev–Trinajstić information content (AvgIpc) is 3.43. The van der Waals surface area contributed by atoms with E-state index in [1.807, 2.05) is 0 Å². The van der Waals surface area contributed by atoms with Gasteiger partial charge < -0.3 is 15.6 Å². The molecule has 162 valence electrons. The summed E-state index contributed by atoms with van der Waals surface area (Å²) >= 11 is 6.75. The van der Waals surface area contributed by atoms with Crippen LogP contribution < -0.4 is 5.73 Å². The Bertz CT molecular complexity index is 762. The first-order valence-corrected chi connectivity index (χ1v) is 12.4. The molecule has 0 aromatic heterocycles. The van der Waals surface area contributed by atoms with Crippen LogP contribution >= 0.6 is 11.6 Å². The molecule has 5 rings (SSSR count). The van der Waals surface area contributed by atoms with E-state index >= 15 is 0 Å². The van der Waals surface area contributed by atoms with Crippen LogP contribution in [0.25, 0.3) is 0 Å². The van der Waals surface area contributed by atoms with Crippen molar-refractivity contribution < 1.29 is 9.84 Å². The summed E-state index contributed by atoms with van der Waals surface area (Å²) in [6, 6.07) is 2.58. The lowest BCUT2D eigenvalue weighted by Gasteiger charge is -2.65. The maximum absolute atomic E-state index is 11.7. The second-order valence-electron chi connectivity index (χ2n) is 11.5. The Balaban J connectivity index is 1.57. The summed E-state index contributed by atoms with van der Waals surface area (Å²) in [5.41, 5.74) is 4.68. The van der Waals surface area contributed by atoms with Gasteiger partial charge in [-0.15, -0.1) is 11.6 Å². The number of alkyl halides is 1. The fraction of sp³-hybridized carbons (Fsp3) is 0.920. The summed E-state index contributed by atoms with van der Waals surface area (Å²) < 4.78 is 6.72. The molecule has 6 unspecified atom stereocenters. The third-order valence-corrected chi connectivity index (χ3v) is 11.2. The summed E-state index contributed by atoms with van der Waals surface area (Å²) in [5, 5.41) is 11.9. The van der Waals surface area contributed by atoms with Crippen molar-refractivity contribution >= 4 is 11.6 Å². The molecule has 0 spiro atoms. The maximum atomic E-state index is 11.7. The van der Waals surface area contributed by atoms with Gasteiger partial charge in [-0.25, -0.2) is 0 Å². The number of nitrogens with two attached hydrogens (primary N) is 1. The molecule has 11 atom stereocenters. The van der Waals surface area contributed by atoms with E-state index < -0.39 is 5.60 Å². The molecule has 0 aromatic carbocycles. The zero-order chi connectivity index (χ0) is 20.8. The number of halogens is 1. The van der Waals surface area contributed by atoms with Gasteiger partial charge in [-0.1, -0.05) is 20.8 Å². The molecule has 5 aliphatic carbocycles. The maximum Gasteiger partial charge on any atom is 0.135 e. The largest absolute Gasteiger partial charge is 0.377 e. The minimum absolute atomic E-state index is 0.0381. The number of aliphatic hydroxyl groups is 1. The molecule has 0 amide bonds. The average molecular weight is 420 g/mol. The van der Waals surface area contributed by atoms with Gasteiger partial charge in [-0.3, -0.25) is 0 Å². The molecule has 4 heteroatoms. The zero-order valence-electron chi connectivity index (χ0n) is 18.5. The standard InChI is InChI=1S/C25H38ClNO2/c1-5-29-25-14-16(26)6-8-23(25,4)18-7-9-22(3)20(21(18)17-13-19(17)25)12-15(2)24(22,28)10-11-27/h15-21,28H,5-9,12-14,27H2,1-4H3/t15?,16-,17?,18?,19?,20?,21?,22-,23+,24-,25+/m0/s1. The minimum Gasteiger partial charge on any atom is -0.377 e. The highest BCUT2D eigenvalue weighted by atomic mass is 35.5. The molecule has 3 N–H and O–H groups in total. The number of rotatable bonds is 2. The lowest BCUT2D eigenvalue weighted by atomic mass is 9.43. The van der Waals surface area contributed by atoms with E-state index in [0.717, 1.165) is 38.2 Å². The molecule has 0 radical (unpaired) electrons. The Hall–Kier alpha value is -0.430. The molecule has 0 heterocycles. The fourth-order valence-corrected chi connectivity index (χ4v) is 9.77. The number of fused-ring (bicyclic) bond motifs is 8. The Morgan fingerprint density at radius 1 is 1.10 bits per heavy atom. The van der Waals surface area contributed by atoms with Crippen LogP contribution in [0.2, 0.25) is 0 Å². The molecule has 0 saturated heterocycles. The van der Waals surface area contributed by atoms with Crippen LogP contribution in [0.1, 0.15) is 72.6 Å². The Kier molecular flexibility index (Phi) is 4.45. The second kappa shape index (κ2) is 6.30. The summed E-state index contributed by atoms with van der Waals surface area (Å²) in [7, 11) is 0. The predicted molar refractivity (Wildman–Crippen MR) is 116 cm³/mol. The second-order valence-corrected chi connectivity index (χ2v) is 12.1. The molecule has 0 aromatic rings. The van der Waals surface area contributed by atoms with Crippen molar-refractivity contribution in [1.82, 2.24) is 0 Å². The van der Waals surface area contributed by atoms with Gasteiger partial charge in [0.25, 0.3) is 0 Å². The highest BCUT2D eigenvalue weighted by Crippen LogP contribution is 2.78. The third kappa shape index (κ3) is 2.30. The monoisotopic (exact) mass is 419 g/mol. The molecular weight excluding hydrogens is 382 g/mol. The van der Waals surface area contributed by atoms with E-state index in [9.17, 15) is 5.11 Å². The van der Waals surface area contributed by atoms with E-state index in [1.54, 1.807) is 0 Å². The van der Waals surface area contributed by atoms with Gasteiger partial charge in [0.2, 0.25) is 0 Å². The van der Waals surface area contributed by atoms with Crippen molar-refractivity contribution in [2.45, 2.75) is 89.2 Å². The first kappa shape index (κ1) is 20.5. The first-order valence-electron chi connectivity index (χ1n) is 11.9. The molecule has 5 saturated carbocycles. The van der Waals surface area contributed by atoms with E-state index in [4.69, 9.17) is 22.1 Å².